The molecule has 0 saturated carbocycles. The number of pyridine rings is 1. The molecular weight excluding hydrogens is 388 g/mol. The van der Waals surface area contributed by atoms with E-state index in [0.29, 0.717) is 11.4 Å². The summed E-state index contributed by atoms with van der Waals surface area (Å²) in [5.41, 5.74) is 2.15. The monoisotopic (exact) mass is 410 g/mol. The van der Waals surface area contributed by atoms with Gasteiger partial charge in [-0.2, -0.15) is 0 Å². The molecule has 0 aliphatic rings. The lowest BCUT2D eigenvalue weighted by Gasteiger charge is -2.25. The molecule has 2 aromatic carbocycles. The number of methoxy groups -OCH3 is 1. The Balaban J connectivity index is 2.01. The van der Waals surface area contributed by atoms with Gasteiger partial charge in [0.15, 0.2) is 0 Å². The van der Waals surface area contributed by atoms with E-state index in [0.717, 1.165) is 11.1 Å². The van der Waals surface area contributed by atoms with E-state index < -0.39 is 10.0 Å². The molecule has 150 valence electrons. The highest BCUT2D eigenvalue weighted by atomic mass is 32.2. The molecule has 0 bridgehead atoms. The maximum absolute atomic E-state index is 13.3. The predicted octanol–water partition coefficient (Wildman–Crippen LogP) is 3.45. The van der Waals surface area contributed by atoms with Crippen molar-refractivity contribution >= 4 is 27.9 Å². The zero-order valence-corrected chi connectivity index (χ0v) is 16.8. The van der Waals surface area contributed by atoms with Crippen molar-refractivity contribution < 1.29 is 18.3 Å². The third-order valence-electron chi connectivity index (χ3n) is 4.32. The third kappa shape index (κ3) is 4.82. The summed E-state index contributed by atoms with van der Waals surface area (Å²) < 4.78 is 32.9. The second kappa shape index (κ2) is 9.36. The zero-order valence-electron chi connectivity index (χ0n) is 16.0. The van der Waals surface area contributed by atoms with Gasteiger partial charge in [0.1, 0.15) is 5.75 Å². The van der Waals surface area contributed by atoms with Gasteiger partial charge >= 0.3 is 0 Å². The highest BCUT2D eigenvalue weighted by molar-refractivity contribution is 7.92. The van der Waals surface area contributed by atoms with Crippen molar-refractivity contribution in [3.05, 3.63) is 84.2 Å². The number of ether oxygens (including phenoxy) is 1. The van der Waals surface area contributed by atoms with Crippen LogP contribution in [0.3, 0.4) is 0 Å². The van der Waals surface area contributed by atoms with Crippen LogP contribution in [-0.2, 0) is 10.0 Å². The normalized spacial score (nSPS) is 11.5. The summed E-state index contributed by atoms with van der Waals surface area (Å²) in [5, 5.41) is 9.54. The number of benzene rings is 2. The summed E-state index contributed by atoms with van der Waals surface area (Å²) in [7, 11) is -2.35. The van der Waals surface area contributed by atoms with Crippen LogP contribution >= 0.6 is 0 Å². The first kappa shape index (κ1) is 20.6. The minimum atomic E-state index is -3.87. The lowest BCUT2D eigenvalue weighted by atomic mass is 10.1. The lowest BCUT2D eigenvalue weighted by Crippen LogP contribution is -2.34. The summed E-state index contributed by atoms with van der Waals surface area (Å²) in [6.07, 6.45) is 7.12. The molecule has 0 spiro atoms. The summed E-state index contributed by atoms with van der Waals surface area (Å²) >= 11 is 0. The highest BCUT2D eigenvalue weighted by Crippen LogP contribution is 2.29. The second-order valence-corrected chi connectivity index (χ2v) is 8.01. The number of aliphatic hydroxyl groups is 1. The molecule has 3 rings (SSSR count). The molecule has 7 heteroatoms. The van der Waals surface area contributed by atoms with Crippen LogP contribution in [0.4, 0.5) is 5.69 Å². The fraction of sp³-hybridized carbons (Fsp3) is 0.136. The first-order valence-electron chi connectivity index (χ1n) is 9.01. The molecule has 0 fully saturated rings. The van der Waals surface area contributed by atoms with E-state index in [2.05, 4.69) is 4.98 Å². The van der Waals surface area contributed by atoms with Crippen molar-refractivity contribution in [3.63, 3.8) is 0 Å². The van der Waals surface area contributed by atoms with Crippen molar-refractivity contribution in [3.8, 4) is 5.75 Å². The van der Waals surface area contributed by atoms with Crippen molar-refractivity contribution in [2.45, 2.75) is 4.90 Å². The molecule has 0 aliphatic carbocycles. The van der Waals surface area contributed by atoms with Gasteiger partial charge in [-0.25, -0.2) is 8.42 Å². The van der Waals surface area contributed by atoms with Crippen molar-refractivity contribution in [2.75, 3.05) is 24.6 Å². The van der Waals surface area contributed by atoms with E-state index in [1.54, 1.807) is 36.7 Å². The van der Waals surface area contributed by atoms with Crippen molar-refractivity contribution in [2.24, 2.45) is 0 Å². The average Bonchev–Trinajstić information content (AvgIpc) is 2.77. The number of anilines is 1. The number of nitrogens with zero attached hydrogens (tertiary/aromatic N) is 2. The highest BCUT2D eigenvalue weighted by Gasteiger charge is 2.26. The molecule has 6 nitrogen and oxygen atoms in total. The Morgan fingerprint density at radius 1 is 1.00 bits per heavy atom. The van der Waals surface area contributed by atoms with E-state index in [-0.39, 0.29) is 18.0 Å². The number of rotatable bonds is 8. The molecule has 29 heavy (non-hydrogen) atoms. The number of aromatic nitrogens is 1. The molecule has 0 radical (unpaired) electrons. The Morgan fingerprint density at radius 3 is 2.34 bits per heavy atom. The summed E-state index contributed by atoms with van der Waals surface area (Å²) in [6.45, 7) is -0.369. The van der Waals surface area contributed by atoms with Crippen LogP contribution in [0.5, 0.6) is 5.75 Å². The molecular formula is C22H22N2O4S. The van der Waals surface area contributed by atoms with Crippen LogP contribution in [-0.4, -0.2) is 38.8 Å². The van der Waals surface area contributed by atoms with Gasteiger partial charge in [0.2, 0.25) is 0 Å². The van der Waals surface area contributed by atoms with Crippen LogP contribution < -0.4 is 9.04 Å². The number of para-hydroxylation sites is 1. The summed E-state index contributed by atoms with van der Waals surface area (Å²) in [6, 6.07) is 17.1. The van der Waals surface area contributed by atoms with Gasteiger partial charge in [0.25, 0.3) is 10.0 Å². The first-order chi connectivity index (χ1) is 14.1. The maximum Gasteiger partial charge on any atom is 0.264 e. The molecule has 0 atom stereocenters. The number of aliphatic hydroxyl groups excluding tert-OH is 1. The van der Waals surface area contributed by atoms with Crippen LogP contribution in [0.1, 0.15) is 11.1 Å². The number of sulfonamides is 1. The Hall–Kier alpha value is -3.16. The topological polar surface area (TPSA) is 79.7 Å². The molecule has 0 aliphatic heterocycles. The number of hydrogen-bond donors (Lipinski definition) is 1. The molecule has 0 saturated heterocycles. The van der Waals surface area contributed by atoms with Crippen LogP contribution in [0, 0.1) is 0 Å². The molecule has 0 unspecified atom stereocenters. The standard InChI is InChI=1S/C22H22N2O4S/c1-28-20-8-10-21(11-9-20)29(26,27)24(16-17-25)22-5-3-2-4-19(22)7-6-18-12-14-23-15-13-18/h2-15,25H,16-17H2,1H3/b7-6+. The van der Waals surface area contributed by atoms with Gasteiger partial charge in [-0.3, -0.25) is 9.29 Å². The predicted molar refractivity (Wildman–Crippen MR) is 114 cm³/mol. The molecule has 3 aromatic rings. The van der Waals surface area contributed by atoms with Crippen LogP contribution in [0.25, 0.3) is 12.2 Å². The number of hydrogen-bond acceptors (Lipinski definition) is 5. The van der Waals surface area contributed by atoms with E-state index in [4.69, 9.17) is 4.74 Å². The Labute approximate surface area is 170 Å². The van der Waals surface area contributed by atoms with Crippen LogP contribution in [0.2, 0.25) is 0 Å². The van der Waals surface area contributed by atoms with E-state index in [1.807, 2.05) is 36.4 Å². The largest absolute Gasteiger partial charge is 0.497 e. The Bertz CT molecular complexity index is 1070. The van der Waals surface area contributed by atoms with Gasteiger partial charge < -0.3 is 9.84 Å². The Kier molecular flexibility index (Phi) is 6.64. The Morgan fingerprint density at radius 2 is 1.69 bits per heavy atom. The third-order valence-corrected chi connectivity index (χ3v) is 6.14. The fourth-order valence-electron chi connectivity index (χ4n) is 2.85. The van der Waals surface area contributed by atoms with Gasteiger partial charge in [0, 0.05) is 12.4 Å². The van der Waals surface area contributed by atoms with Gasteiger partial charge in [-0.05, 0) is 53.6 Å². The quantitative estimate of drug-likeness (QED) is 0.615. The van der Waals surface area contributed by atoms with Gasteiger partial charge in [-0.15, -0.1) is 0 Å². The smallest absolute Gasteiger partial charge is 0.264 e. The fourth-order valence-corrected chi connectivity index (χ4v) is 4.33. The maximum atomic E-state index is 13.3. The average molecular weight is 410 g/mol. The minimum Gasteiger partial charge on any atom is -0.497 e. The lowest BCUT2D eigenvalue weighted by molar-refractivity contribution is 0.306. The van der Waals surface area contributed by atoms with E-state index in [9.17, 15) is 13.5 Å². The molecule has 0 amide bonds. The summed E-state index contributed by atoms with van der Waals surface area (Å²) in [4.78, 5) is 4.12. The SMILES string of the molecule is COc1ccc(S(=O)(=O)N(CCO)c2ccccc2/C=C/c2ccncc2)cc1. The van der Waals surface area contributed by atoms with Crippen LogP contribution in [0.15, 0.2) is 78.0 Å². The van der Waals surface area contributed by atoms with Gasteiger partial charge in [-0.1, -0.05) is 30.4 Å². The molecule has 1 aromatic heterocycles. The summed E-state index contributed by atoms with van der Waals surface area (Å²) in [5.74, 6) is 0.568. The van der Waals surface area contributed by atoms with Crippen molar-refractivity contribution in [1.82, 2.24) is 4.98 Å². The van der Waals surface area contributed by atoms with E-state index in [1.165, 1.54) is 23.5 Å². The van der Waals surface area contributed by atoms with Crippen molar-refractivity contribution in [1.29, 1.82) is 0 Å². The first-order valence-corrected chi connectivity index (χ1v) is 10.4. The molecule has 1 N–H and O–H groups in total. The molecule has 1 heterocycles. The minimum absolute atomic E-state index is 0.0610. The van der Waals surface area contributed by atoms with Gasteiger partial charge in [0.05, 0.1) is 30.8 Å². The second-order valence-electron chi connectivity index (χ2n) is 6.15. The van der Waals surface area contributed by atoms with E-state index >= 15 is 0 Å². The zero-order chi connectivity index (χ0) is 20.7.